The number of para-hydroxylation sites is 2. The zero-order chi connectivity index (χ0) is 14.4. The Balaban J connectivity index is 1.88. The fourth-order valence-corrected chi connectivity index (χ4v) is 2.11. The number of rotatable bonds is 6. The highest BCUT2D eigenvalue weighted by molar-refractivity contribution is 5.40. The number of fused-ring (bicyclic) bond motifs is 1. The van der Waals surface area contributed by atoms with E-state index in [0.717, 1.165) is 23.6 Å². The molecule has 0 saturated heterocycles. The van der Waals surface area contributed by atoms with Gasteiger partial charge in [-0.2, -0.15) is 0 Å². The molecule has 1 aromatic rings. The van der Waals surface area contributed by atoms with Gasteiger partial charge in [0.1, 0.15) is 12.7 Å². The molecule has 1 heterocycles. The van der Waals surface area contributed by atoms with Gasteiger partial charge in [0.25, 0.3) is 0 Å². The molecule has 2 rings (SSSR count). The van der Waals surface area contributed by atoms with Crippen LogP contribution < -0.4 is 14.8 Å². The van der Waals surface area contributed by atoms with E-state index in [1.54, 1.807) is 6.08 Å². The maximum atomic E-state index is 5.90. The summed E-state index contributed by atoms with van der Waals surface area (Å²) in [5, 5.41) is 3.43. The monoisotopic (exact) mass is 271 g/mol. The average molecular weight is 271 g/mol. The van der Waals surface area contributed by atoms with Crippen molar-refractivity contribution in [3.63, 3.8) is 0 Å². The predicted molar refractivity (Wildman–Crippen MR) is 82.3 cm³/mol. The lowest BCUT2D eigenvalue weighted by Gasteiger charge is -2.28. The summed E-state index contributed by atoms with van der Waals surface area (Å²) < 4.78 is 11.6. The molecule has 1 aliphatic heterocycles. The first-order valence-electron chi connectivity index (χ1n) is 6.81. The van der Waals surface area contributed by atoms with Crippen LogP contribution in [0.5, 0.6) is 11.5 Å². The third kappa shape index (κ3) is 3.52. The Morgan fingerprint density at radius 2 is 2.15 bits per heavy atom. The molecule has 0 saturated carbocycles. The summed E-state index contributed by atoms with van der Waals surface area (Å²) in [4.78, 5) is 0. The van der Waals surface area contributed by atoms with Crippen molar-refractivity contribution < 1.29 is 9.47 Å². The van der Waals surface area contributed by atoms with E-state index in [1.807, 2.05) is 36.4 Å². The van der Waals surface area contributed by atoms with Crippen molar-refractivity contribution in [2.24, 2.45) is 0 Å². The van der Waals surface area contributed by atoms with E-state index in [-0.39, 0.29) is 12.1 Å². The summed E-state index contributed by atoms with van der Waals surface area (Å²) >= 11 is 0. The normalized spacial score (nSPS) is 19.2. The first kappa shape index (κ1) is 14.4. The summed E-state index contributed by atoms with van der Waals surface area (Å²) in [6.45, 7) is 10.9. The molecule has 3 heteroatoms. The zero-order valence-electron chi connectivity index (χ0n) is 11.8. The Morgan fingerprint density at radius 3 is 2.85 bits per heavy atom. The number of hydrogen-bond donors (Lipinski definition) is 1. The van der Waals surface area contributed by atoms with Crippen LogP contribution >= 0.6 is 0 Å². The lowest BCUT2D eigenvalue weighted by Crippen LogP contribution is -2.42. The van der Waals surface area contributed by atoms with Crippen molar-refractivity contribution in [3.8, 4) is 11.5 Å². The van der Waals surface area contributed by atoms with Crippen LogP contribution in [-0.4, -0.2) is 25.3 Å². The van der Waals surface area contributed by atoms with Crippen molar-refractivity contribution in [1.82, 2.24) is 5.32 Å². The van der Waals surface area contributed by atoms with Gasteiger partial charge in [-0.25, -0.2) is 0 Å². The van der Waals surface area contributed by atoms with Crippen LogP contribution in [0.1, 0.15) is 6.92 Å². The van der Waals surface area contributed by atoms with Gasteiger partial charge in [0.15, 0.2) is 11.5 Å². The molecule has 0 radical (unpaired) electrons. The minimum atomic E-state index is 0.0159. The molecular formula is C17H21NO2. The topological polar surface area (TPSA) is 30.5 Å². The van der Waals surface area contributed by atoms with E-state index in [0.29, 0.717) is 6.61 Å². The van der Waals surface area contributed by atoms with Crippen molar-refractivity contribution in [1.29, 1.82) is 0 Å². The third-order valence-electron chi connectivity index (χ3n) is 3.27. The zero-order valence-corrected chi connectivity index (χ0v) is 11.8. The Morgan fingerprint density at radius 1 is 1.40 bits per heavy atom. The Kier molecular flexibility index (Phi) is 5.02. The molecule has 2 atom stereocenters. The van der Waals surface area contributed by atoms with Gasteiger partial charge in [-0.05, 0) is 24.6 Å². The van der Waals surface area contributed by atoms with Crippen LogP contribution in [0.15, 0.2) is 61.2 Å². The lowest BCUT2D eigenvalue weighted by atomic mass is 10.1. The molecule has 0 amide bonds. The number of ether oxygens (including phenoxy) is 2. The summed E-state index contributed by atoms with van der Waals surface area (Å²) in [5.41, 5.74) is 1.11. The van der Waals surface area contributed by atoms with Gasteiger partial charge >= 0.3 is 0 Å². The van der Waals surface area contributed by atoms with Crippen LogP contribution in [0.4, 0.5) is 0 Å². The van der Waals surface area contributed by atoms with Gasteiger partial charge in [-0.1, -0.05) is 43.5 Å². The largest absolute Gasteiger partial charge is 0.486 e. The lowest BCUT2D eigenvalue weighted by molar-refractivity contribution is 0.0894. The first-order valence-corrected chi connectivity index (χ1v) is 6.81. The highest BCUT2D eigenvalue weighted by Crippen LogP contribution is 2.30. The number of nitrogens with one attached hydrogen (secondary N) is 1. The molecule has 0 aliphatic carbocycles. The fourth-order valence-electron chi connectivity index (χ4n) is 2.11. The molecule has 0 bridgehead atoms. The van der Waals surface area contributed by atoms with E-state index in [1.165, 1.54) is 0 Å². The van der Waals surface area contributed by atoms with Gasteiger partial charge in [0.05, 0.1) is 0 Å². The quantitative estimate of drug-likeness (QED) is 0.806. The molecule has 20 heavy (non-hydrogen) atoms. The molecule has 0 unspecified atom stereocenters. The maximum absolute atomic E-state index is 5.90. The first-order chi connectivity index (χ1) is 9.74. The predicted octanol–water partition coefficient (Wildman–Crippen LogP) is 3.10. The standard InChI is InChI=1S/C17H21NO2/c1-4-8-14(5-2)13(3)18-11-15-12-19-16-9-6-7-10-17(16)20-15/h4-10,13,15,18H,1-2,11-12H2,3H3/b14-8+/t13-,15+/m1/s1. The maximum Gasteiger partial charge on any atom is 0.161 e. The van der Waals surface area contributed by atoms with Crippen molar-refractivity contribution in [2.75, 3.05) is 13.2 Å². The van der Waals surface area contributed by atoms with Crippen LogP contribution in [0.2, 0.25) is 0 Å². The molecule has 1 N–H and O–H groups in total. The van der Waals surface area contributed by atoms with Crippen molar-refractivity contribution in [3.05, 3.63) is 61.2 Å². The highest BCUT2D eigenvalue weighted by atomic mass is 16.6. The van der Waals surface area contributed by atoms with Gasteiger partial charge in [0.2, 0.25) is 0 Å². The summed E-state index contributed by atoms with van der Waals surface area (Å²) in [5.74, 6) is 1.62. The molecule has 106 valence electrons. The summed E-state index contributed by atoms with van der Waals surface area (Å²) in [6, 6.07) is 7.94. The van der Waals surface area contributed by atoms with Gasteiger partial charge in [0, 0.05) is 12.6 Å². The van der Waals surface area contributed by atoms with Gasteiger partial charge < -0.3 is 14.8 Å². The molecule has 3 nitrogen and oxygen atoms in total. The molecule has 0 fully saturated rings. The highest BCUT2D eigenvalue weighted by Gasteiger charge is 2.20. The minimum absolute atomic E-state index is 0.0159. The van der Waals surface area contributed by atoms with Crippen molar-refractivity contribution in [2.45, 2.75) is 19.1 Å². The minimum Gasteiger partial charge on any atom is -0.486 e. The fraction of sp³-hybridized carbons (Fsp3) is 0.294. The Bertz CT molecular complexity index is 507. The second kappa shape index (κ2) is 6.96. The van der Waals surface area contributed by atoms with Crippen LogP contribution in [0, 0.1) is 0 Å². The summed E-state index contributed by atoms with van der Waals surface area (Å²) in [7, 11) is 0. The second-order valence-corrected chi connectivity index (χ2v) is 4.73. The Labute approximate surface area is 120 Å². The average Bonchev–Trinajstić information content (AvgIpc) is 2.50. The molecule has 0 spiro atoms. The van der Waals surface area contributed by atoms with Crippen LogP contribution in [0.3, 0.4) is 0 Å². The van der Waals surface area contributed by atoms with Crippen LogP contribution in [-0.2, 0) is 0 Å². The summed E-state index contributed by atoms with van der Waals surface area (Å²) in [6.07, 6.45) is 5.58. The second-order valence-electron chi connectivity index (χ2n) is 4.73. The molecule has 0 aromatic heterocycles. The SMILES string of the molecule is C=C/C=C(\C=C)[C@@H](C)NC[C@H]1COc2ccccc2O1. The smallest absolute Gasteiger partial charge is 0.161 e. The Hall–Kier alpha value is -2.00. The van der Waals surface area contributed by atoms with Gasteiger partial charge in [-0.3, -0.25) is 0 Å². The number of allylic oxidation sites excluding steroid dienone is 2. The van der Waals surface area contributed by atoms with E-state index < -0.39 is 0 Å². The van der Waals surface area contributed by atoms with E-state index in [4.69, 9.17) is 9.47 Å². The molecule has 1 aromatic carbocycles. The van der Waals surface area contributed by atoms with Crippen molar-refractivity contribution >= 4 is 0 Å². The number of benzene rings is 1. The van der Waals surface area contributed by atoms with E-state index in [9.17, 15) is 0 Å². The number of hydrogen-bond acceptors (Lipinski definition) is 3. The van der Waals surface area contributed by atoms with E-state index in [2.05, 4.69) is 25.4 Å². The van der Waals surface area contributed by atoms with Gasteiger partial charge in [-0.15, -0.1) is 0 Å². The molecular weight excluding hydrogens is 250 g/mol. The third-order valence-corrected chi connectivity index (χ3v) is 3.27. The van der Waals surface area contributed by atoms with Crippen LogP contribution in [0.25, 0.3) is 0 Å². The molecule has 1 aliphatic rings. The van der Waals surface area contributed by atoms with E-state index >= 15 is 0 Å².